The van der Waals surface area contributed by atoms with Crippen molar-refractivity contribution in [2.75, 3.05) is 6.61 Å². The molecule has 0 saturated heterocycles. The summed E-state index contributed by atoms with van der Waals surface area (Å²) in [6.07, 6.45) is 0. The summed E-state index contributed by atoms with van der Waals surface area (Å²) in [7, 11) is 0. The van der Waals surface area contributed by atoms with Crippen molar-refractivity contribution in [2.45, 2.75) is 19.8 Å². The van der Waals surface area contributed by atoms with E-state index in [1.54, 1.807) is 26.0 Å². The zero-order valence-corrected chi connectivity index (χ0v) is 13.9. The number of nitrogens with one attached hydrogen (secondary N) is 2. The van der Waals surface area contributed by atoms with Gasteiger partial charge in [0.25, 0.3) is 0 Å². The van der Waals surface area contributed by atoms with Crippen LogP contribution < -0.4 is 5.32 Å². The minimum absolute atomic E-state index is 0.0975. The smallest absolute Gasteiger partial charge is 0.336 e. The van der Waals surface area contributed by atoms with Crippen LogP contribution in [0.1, 0.15) is 25.3 Å². The molecule has 6 nitrogen and oxygen atoms in total. The molecule has 0 radical (unpaired) electrons. The molecule has 1 heterocycles. The number of ether oxygens (including phenoxy) is 1. The SMILES string of the molecule is CCOC(=O)C1=C(C)NC(C(=C=N)C#N)=C(C#N)C1c1ccccc1. The van der Waals surface area contributed by atoms with Crippen LogP contribution in [0, 0.1) is 28.1 Å². The first-order chi connectivity index (χ1) is 12.1. The Bertz CT molecular complexity index is 892. The highest BCUT2D eigenvalue weighted by Crippen LogP contribution is 2.39. The number of carbonyl (C=O) groups excluding carboxylic acids is 1. The highest BCUT2D eigenvalue weighted by molar-refractivity contribution is 5.93. The number of benzene rings is 1. The van der Waals surface area contributed by atoms with Gasteiger partial charge < -0.3 is 10.1 Å². The number of rotatable bonds is 4. The Hall–Kier alpha value is -3.60. The summed E-state index contributed by atoms with van der Waals surface area (Å²) >= 11 is 0. The van der Waals surface area contributed by atoms with Gasteiger partial charge in [0.05, 0.1) is 35.4 Å². The van der Waals surface area contributed by atoms with E-state index >= 15 is 0 Å². The van der Waals surface area contributed by atoms with E-state index < -0.39 is 11.9 Å². The first kappa shape index (κ1) is 17.7. The Kier molecular flexibility index (Phi) is 5.53. The maximum Gasteiger partial charge on any atom is 0.336 e. The van der Waals surface area contributed by atoms with Crippen LogP contribution >= 0.6 is 0 Å². The van der Waals surface area contributed by atoms with Crippen LogP contribution in [-0.4, -0.2) is 18.4 Å². The van der Waals surface area contributed by atoms with Crippen molar-refractivity contribution in [3.05, 3.63) is 64.0 Å². The third kappa shape index (κ3) is 3.35. The second-order valence-electron chi connectivity index (χ2n) is 5.24. The van der Waals surface area contributed by atoms with Gasteiger partial charge >= 0.3 is 5.97 Å². The van der Waals surface area contributed by atoms with Crippen LogP contribution in [0.25, 0.3) is 0 Å². The maximum absolute atomic E-state index is 12.5. The minimum Gasteiger partial charge on any atom is -0.463 e. The lowest BCUT2D eigenvalue weighted by molar-refractivity contribution is -0.138. The lowest BCUT2D eigenvalue weighted by Gasteiger charge is -2.29. The standard InChI is InChI=1S/C19H16N4O2/c1-3-25-19(24)16-12(2)23-18(14(9-20)10-21)15(11-22)17(16)13-7-5-4-6-8-13/h4-8,17,20,23H,3H2,1-2H3. The lowest BCUT2D eigenvalue weighted by Crippen LogP contribution is -2.30. The van der Waals surface area contributed by atoms with Crippen LogP contribution in [0.2, 0.25) is 0 Å². The van der Waals surface area contributed by atoms with E-state index in [9.17, 15) is 15.3 Å². The summed E-state index contributed by atoms with van der Waals surface area (Å²) in [5, 5.41) is 29.1. The van der Waals surface area contributed by atoms with E-state index in [0.717, 1.165) is 5.56 Å². The summed E-state index contributed by atoms with van der Waals surface area (Å²) in [6.45, 7) is 3.59. The second-order valence-corrected chi connectivity index (χ2v) is 5.24. The van der Waals surface area contributed by atoms with Gasteiger partial charge in [-0.25, -0.2) is 4.79 Å². The fourth-order valence-electron chi connectivity index (χ4n) is 2.75. The number of carbonyl (C=O) groups is 1. The molecule has 25 heavy (non-hydrogen) atoms. The van der Waals surface area contributed by atoms with Gasteiger partial charge in [-0.3, -0.25) is 5.41 Å². The predicted molar refractivity (Wildman–Crippen MR) is 91.1 cm³/mol. The molecule has 1 aromatic carbocycles. The maximum atomic E-state index is 12.5. The summed E-state index contributed by atoms with van der Waals surface area (Å²) in [5.74, 6) is 0.838. The molecule has 6 heteroatoms. The normalized spacial score (nSPS) is 16.2. The molecule has 0 aromatic heterocycles. The molecule has 2 N–H and O–H groups in total. The van der Waals surface area contributed by atoms with Crippen molar-refractivity contribution >= 4 is 11.8 Å². The number of nitrogens with zero attached hydrogens (tertiary/aromatic N) is 2. The highest BCUT2D eigenvalue weighted by Gasteiger charge is 2.36. The zero-order valence-electron chi connectivity index (χ0n) is 13.9. The Labute approximate surface area is 145 Å². The van der Waals surface area contributed by atoms with Gasteiger partial charge in [0, 0.05) is 5.70 Å². The van der Waals surface area contributed by atoms with E-state index in [-0.39, 0.29) is 23.5 Å². The fraction of sp³-hybridized carbons (Fsp3) is 0.211. The van der Waals surface area contributed by atoms with Gasteiger partial charge in [0.1, 0.15) is 11.6 Å². The Morgan fingerprint density at radius 1 is 1.32 bits per heavy atom. The molecule has 1 unspecified atom stereocenters. The van der Waals surface area contributed by atoms with E-state index in [4.69, 9.17) is 10.1 Å². The molecule has 0 spiro atoms. The molecule has 0 saturated carbocycles. The highest BCUT2D eigenvalue weighted by atomic mass is 16.5. The number of esters is 1. The molecular weight excluding hydrogens is 316 g/mol. The average Bonchev–Trinajstić information content (AvgIpc) is 2.63. The summed E-state index contributed by atoms with van der Waals surface area (Å²) in [4.78, 5) is 12.5. The number of hydrogen-bond acceptors (Lipinski definition) is 6. The molecule has 1 aromatic rings. The molecule has 0 amide bonds. The summed E-state index contributed by atoms with van der Waals surface area (Å²) < 4.78 is 5.15. The predicted octanol–water partition coefficient (Wildman–Crippen LogP) is 2.69. The monoisotopic (exact) mass is 332 g/mol. The molecule has 124 valence electrons. The average molecular weight is 332 g/mol. The molecule has 1 aliphatic heterocycles. The van der Waals surface area contributed by atoms with Gasteiger partial charge in [-0.2, -0.15) is 10.5 Å². The van der Waals surface area contributed by atoms with Crippen LogP contribution in [0.15, 0.2) is 58.4 Å². The number of nitriles is 2. The molecular formula is C19H16N4O2. The van der Waals surface area contributed by atoms with Crippen molar-refractivity contribution in [1.82, 2.24) is 5.32 Å². The molecule has 1 aliphatic rings. The third-order valence-electron chi connectivity index (χ3n) is 3.80. The zero-order chi connectivity index (χ0) is 18.4. The first-order valence-electron chi connectivity index (χ1n) is 7.63. The number of hydrogen-bond donors (Lipinski definition) is 2. The van der Waals surface area contributed by atoms with Gasteiger partial charge in [0.15, 0.2) is 0 Å². The Morgan fingerprint density at radius 3 is 2.52 bits per heavy atom. The lowest BCUT2D eigenvalue weighted by atomic mass is 9.80. The molecule has 1 atom stereocenters. The number of allylic oxidation sites excluding steroid dienone is 3. The van der Waals surface area contributed by atoms with Crippen molar-refractivity contribution in [3.63, 3.8) is 0 Å². The van der Waals surface area contributed by atoms with E-state index in [0.29, 0.717) is 11.3 Å². The van der Waals surface area contributed by atoms with Crippen molar-refractivity contribution in [2.24, 2.45) is 0 Å². The Balaban J connectivity index is 2.75. The molecule has 0 fully saturated rings. The number of dihydropyridines is 1. The van der Waals surface area contributed by atoms with Gasteiger partial charge in [-0.05, 0) is 25.3 Å². The van der Waals surface area contributed by atoms with Gasteiger partial charge in [-0.15, -0.1) is 0 Å². The van der Waals surface area contributed by atoms with Crippen molar-refractivity contribution in [3.8, 4) is 12.1 Å². The fourth-order valence-corrected chi connectivity index (χ4v) is 2.75. The quantitative estimate of drug-likeness (QED) is 0.500. The van der Waals surface area contributed by atoms with E-state index in [1.807, 2.05) is 30.1 Å². The van der Waals surface area contributed by atoms with Crippen LogP contribution in [-0.2, 0) is 9.53 Å². The molecule has 0 aliphatic carbocycles. The van der Waals surface area contributed by atoms with Crippen molar-refractivity contribution in [1.29, 1.82) is 15.9 Å². The first-order valence-corrected chi connectivity index (χ1v) is 7.63. The van der Waals surface area contributed by atoms with E-state index in [2.05, 4.69) is 11.4 Å². The van der Waals surface area contributed by atoms with Crippen LogP contribution in [0.3, 0.4) is 0 Å². The molecule has 0 bridgehead atoms. The van der Waals surface area contributed by atoms with E-state index in [1.165, 1.54) is 0 Å². The van der Waals surface area contributed by atoms with Gasteiger partial charge in [0.2, 0.25) is 0 Å². The minimum atomic E-state index is -0.682. The third-order valence-corrected chi connectivity index (χ3v) is 3.80. The Morgan fingerprint density at radius 2 is 2.00 bits per heavy atom. The van der Waals surface area contributed by atoms with Crippen LogP contribution in [0.4, 0.5) is 0 Å². The largest absolute Gasteiger partial charge is 0.463 e. The summed E-state index contributed by atoms with van der Waals surface area (Å²) in [5.41, 5.74) is 1.79. The van der Waals surface area contributed by atoms with Gasteiger partial charge in [-0.1, -0.05) is 30.3 Å². The van der Waals surface area contributed by atoms with Crippen molar-refractivity contribution < 1.29 is 9.53 Å². The topological polar surface area (TPSA) is 110 Å². The summed E-state index contributed by atoms with van der Waals surface area (Å²) in [6, 6.07) is 13.0. The second kappa shape index (κ2) is 7.79. The molecule has 2 rings (SSSR count). The van der Waals surface area contributed by atoms with Crippen LogP contribution in [0.5, 0.6) is 0 Å².